The number of hydrogen-bond donors (Lipinski definition) is 0. The van der Waals surface area contributed by atoms with Gasteiger partial charge in [-0.05, 0) is 49.6 Å². The van der Waals surface area contributed by atoms with E-state index in [0.29, 0.717) is 12.3 Å². The Hall–Kier alpha value is -1.61. The number of Topliss-reactive ketones (excluding diaryl/α,β-unsaturated/α-hetero) is 1. The lowest BCUT2D eigenvalue weighted by atomic mass is 9.96. The normalized spacial score (nSPS) is 18.7. The maximum absolute atomic E-state index is 12.2. The van der Waals surface area contributed by atoms with Crippen LogP contribution in [0.25, 0.3) is 0 Å². The quantitative estimate of drug-likeness (QED) is 0.567. The molecule has 0 N–H and O–H groups in total. The lowest BCUT2D eigenvalue weighted by Gasteiger charge is -2.28. The van der Waals surface area contributed by atoms with Crippen LogP contribution in [0, 0.1) is 5.92 Å². The van der Waals surface area contributed by atoms with Crippen molar-refractivity contribution in [2.24, 2.45) is 5.92 Å². The Morgan fingerprint density at radius 2 is 2.10 bits per heavy atom. The van der Waals surface area contributed by atoms with E-state index in [2.05, 4.69) is 24.0 Å². The Labute approximate surface area is 127 Å². The molecule has 0 aromatic heterocycles. The van der Waals surface area contributed by atoms with E-state index in [1.807, 2.05) is 24.3 Å². The Morgan fingerprint density at radius 1 is 1.33 bits per heavy atom. The van der Waals surface area contributed by atoms with Crippen molar-refractivity contribution in [1.29, 1.82) is 0 Å². The van der Waals surface area contributed by atoms with Crippen molar-refractivity contribution in [3.63, 3.8) is 0 Å². The van der Waals surface area contributed by atoms with E-state index in [-0.39, 0.29) is 5.78 Å². The van der Waals surface area contributed by atoms with Crippen LogP contribution < -0.4 is 4.74 Å². The summed E-state index contributed by atoms with van der Waals surface area (Å²) in [6.07, 6.45) is 7.24. The van der Waals surface area contributed by atoms with Gasteiger partial charge in [-0.25, -0.2) is 0 Å². The molecule has 0 saturated carbocycles. The molecule has 2 rings (SSSR count). The summed E-state index contributed by atoms with van der Waals surface area (Å²) in [6.45, 7) is 5.49. The highest BCUT2D eigenvalue weighted by Crippen LogP contribution is 2.18. The maximum Gasteiger partial charge on any atom is 0.162 e. The van der Waals surface area contributed by atoms with Gasteiger partial charge in [0.25, 0.3) is 0 Å². The van der Waals surface area contributed by atoms with E-state index in [1.54, 1.807) is 7.11 Å². The highest BCUT2D eigenvalue weighted by molar-refractivity contribution is 5.96. The molecule has 1 aliphatic heterocycles. The minimum Gasteiger partial charge on any atom is -0.497 e. The summed E-state index contributed by atoms with van der Waals surface area (Å²) in [4.78, 5) is 14.7. The highest BCUT2D eigenvalue weighted by Gasteiger charge is 2.16. The van der Waals surface area contributed by atoms with Crippen LogP contribution in [-0.2, 0) is 0 Å². The van der Waals surface area contributed by atoms with Gasteiger partial charge in [0.1, 0.15) is 5.75 Å². The van der Waals surface area contributed by atoms with Crippen LogP contribution in [0.1, 0.15) is 36.5 Å². The second-order valence-electron chi connectivity index (χ2n) is 5.64. The third-order valence-electron chi connectivity index (χ3n) is 3.96. The van der Waals surface area contributed by atoms with E-state index in [4.69, 9.17) is 4.74 Å². The zero-order valence-corrected chi connectivity index (χ0v) is 13.0. The van der Waals surface area contributed by atoms with Crippen LogP contribution in [0.3, 0.4) is 0 Å². The molecule has 1 atom stereocenters. The molecule has 1 aromatic rings. The minimum atomic E-state index is 0.221. The summed E-state index contributed by atoms with van der Waals surface area (Å²) in [5.74, 6) is 1.52. The van der Waals surface area contributed by atoms with Gasteiger partial charge < -0.3 is 4.74 Å². The van der Waals surface area contributed by atoms with Crippen LogP contribution >= 0.6 is 0 Å². The molecule has 0 fully saturated rings. The molecule has 3 nitrogen and oxygen atoms in total. The summed E-state index contributed by atoms with van der Waals surface area (Å²) in [6, 6.07) is 7.38. The first-order chi connectivity index (χ1) is 10.2. The number of ketones is 1. The van der Waals surface area contributed by atoms with Crippen LogP contribution in [0.5, 0.6) is 5.75 Å². The zero-order valence-electron chi connectivity index (χ0n) is 13.0. The molecule has 1 heterocycles. The van der Waals surface area contributed by atoms with Crippen molar-refractivity contribution in [1.82, 2.24) is 4.90 Å². The largest absolute Gasteiger partial charge is 0.497 e. The van der Waals surface area contributed by atoms with Crippen LogP contribution in [0.15, 0.2) is 36.4 Å². The van der Waals surface area contributed by atoms with Gasteiger partial charge in [0.05, 0.1) is 7.11 Å². The van der Waals surface area contributed by atoms with E-state index in [1.165, 1.54) is 6.42 Å². The van der Waals surface area contributed by atoms with Gasteiger partial charge in [-0.2, -0.15) is 0 Å². The molecule has 0 bridgehead atoms. The number of hydrogen-bond acceptors (Lipinski definition) is 3. The van der Waals surface area contributed by atoms with Gasteiger partial charge in [0.2, 0.25) is 0 Å². The number of nitrogens with zero attached hydrogens (tertiary/aromatic N) is 1. The van der Waals surface area contributed by atoms with Gasteiger partial charge in [-0.1, -0.05) is 19.1 Å². The molecule has 0 amide bonds. The lowest BCUT2D eigenvalue weighted by Crippen LogP contribution is -2.33. The second-order valence-corrected chi connectivity index (χ2v) is 5.64. The smallest absolute Gasteiger partial charge is 0.162 e. The van der Waals surface area contributed by atoms with E-state index < -0.39 is 0 Å². The fourth-order valence-corrected chi connectivity index (χ4v) is 2.79. The van der Waals surface area contributed by atoms with E-state index in [0.717, 1.165) is 37.4 Å². The minimum absolute atomic E-state index is 0.221. The predicted molar refractivity (Wildman–Crippen MR) is 85.9 cm³/mol. The molecule has 1 unspecified atom stereocenters. The summed E-state index contributed by atoms with van der Waals surface area (Å²) in [5, 5.41) is 0. The number of carbonyl (C=O) groups excluding carboxylic acids is 1. The molecule has 0 spiro atoms. The van der Waals surface area contributed by atoms with Gasteiger partial charge in [-0.3, -0.25) is 9.69 Å². The molecular formula is C18H25NO2. The number of carbonyl (C=O) groups is 1. The Morgan fingerprint density at radius 3 is 2.76 bits per heavy atom. The van der Waals surface area contributed by atoms with Crippen LogP contribution in [0.4, 0.5) is 0 Å². The Balaban J connectivity index is 1.83. The molecule has 3 heteroatoms. The van der Waals surface area contributed by atoms with Crippen molar-refractivity contribution in [3.8, 4) is 5.75 Å². The molecule has 0 radical (unpaired) electrons. The maximum atomic E-state index is 12.2. The standard InChI is InChI=1S/C18H25NO2/c1-3-12-19-13-4-5-15(14-19)6-11-18(20)16-7-9-17(21-2)10-8-16/h4-5,7-10,15H,3,6,11-14H2,1-2H3. The molecule has 1 aliphatic rings. The van der Waals surface area contributed by atoms with Crippen molar-refractivity contribution < 1.29 is 9.53 Å². The average molecular weight is 287 g/mol. The third-order valence-corrected chi connectivity index (χ3v) is 3.96. The molecule has 0 aliphatic carbocycles. The fraction of sp³-hybridized carbons (Fsp3) is 0.500. The molecule has 1 aromatic carbocycles. The van der Waals surface area contributed by atoms with Crippen LogP contribution in [-0.4, -0.2) is 37.4 Å². The van der Waals surface area contributed by atoms with E-state index >= 15 is 0 Å². The summed E-state index contributed by atoms with van der Waals surface area (Å²) >= 11 is 0. The third kappa shape index (κ3) is 4.71. The van der Waals surface area contributed by atoms with Gasteiger partial charge in [0, 0.05) is 25.1 Å². The number of ether oxygens (including phenoxy) is 1. The summed E-state index contributed by atoms with van der Waals surface area (Å²) in [7, 11) is 1.63. The average Bonchev–Trinajstić information content (AvgIpc) is 2.53. The Kier molecular flexibility index (Phi) is 6.00. The molecule has 114 valence electrons. The highest BCUT2D eigenvalue weighted by atomic mass is 16.5. The number of benzene rings is 1. The fourth-order valence-electron chi connectivity index (χ4n) is 2.79. The lowest BCUT2D eigenvalue weighted by molar-refractivity contribution is 0.0972. The number of rotatable bonds is 7. The van der Waals surface area contributed by atoms with Crippen molar-refractivity contribution in [2.75, 3.05) is 26.7 Å². The van der Waals surface area contributed by atoms with Crippen molar-refractivity contribution in [3.05, 3.63) is 42.0 Å². The summed E-state index contributed by atoms with van der Waals surface area (Å²) in [5.41, 5.74) is 0.779. The van der Waals surface area contributed by atoms with Gasteiger partial charge in [0.15, 0.2) is 5.78 Å². The van der Waals surface area contributed by atoms with Gasteiger partial charge in [-0.15, -0.1) is 0 Å². The van der Waals surface area contributed by atoms with Crippen LogP contribution in [0.2, 0.25) is 0 Å². The first kappa shape index (κ1) is 15.8. The summed E-state index contributed by atoms with van der Waals surface area (Å²) < 4.78 is 5.11. The molecular weight excluding hydrogens is 262 g/mol. The second kappa shape index (κ2) is 7.99. The van der Waals surface area contributed by atoms with Crippen molar-refractivity contribution in [2.45, 2.75) is 26.2 Å². The van der Waals surface area contributed by atoms with Gasteiger partial charge >= 0.3 is 0 Å². The first-order valence-corrected chi connectivity index (χ1v) is 7.79. The SMILES string of the molecule is CCCN1CC=CC(CCC(=O)c2ccc(OC)cc2)C1. The topological polar surface area (TPSA) is 29.5 Å². The first-order valence-electron chi connectivity index (χ1n) is 7.79. The van der Waals surface area contributed by atoms with Crippen molar-refractivity contribution >= 4 is 5.78 Å². The van der Waals surface area contributed by atoms with E-state index in [9.17, 15) is 4.79 Å². The molecule has 21 heavy (non-hydrogen) atoms. The molecule has 0 saturated heterocycles. The predicted octanol–water partition coefficient (Wildman–Crippen LogP) is 3.56. The monoisotopic (exact) mass is 287 g/mol. The number of methoxy groups -OCH3 is 1. The zero-order chi connectivity index (χ0) is 15.1. The Bertz CT molecular complexity index is 478.